The van der Waals surface area contributed by atoms with Crippen molar-refractivity contribution < 1.29 is 9.53 Å². The molecule has 0 aromatic carbocycles. The number of fused-ring (bicyclic) bond motifs is 5. The SMILES string of the molecule is CC(C)CCCC(C)C1CCC2C3CC=C4CC(OC(=O)CCc5ccc(N)nc5)CCC4(C)C3CCC12C. The van der Waals surface area contributed by atoms with E-state index >= 15 is 0 Å². The minimum absolute atomic E-state index is 0.0364. The third-order valence-electron chi connectivity index (χ3n) is 12.0. The number of esters is 1. The van der Waals surface area contributed by atoms with Gasteiger partial charge in [-0.05, 0) is 109 Å². The first-order valence-corrected chi connectivity index (χ1v) is 16.2. The van der Waals surface area contributed by atoms with Crippen molar-refractivity contribution in [1.29, 1.82) is 0 Å². The Balaban J connectivity index is 1.18. The Morgan fingerprint density at radius 3 is 2.64 bits per heavy atom. The van der Waals surface area contributed by atoms with Crippen LogP contribution in [-0.2, 0) is 16.0 Å². The summed E-state index contributed by atoms with van der Waals surface area (Å²) >= 11 is 0. The maximum absolute atomic E-state index is 12.7. The second kappa shape index (κ2) is 11.6. The molecule has 5 rings (SSSR count). The molecule has 216 valence electrons. The van der Waals surface area contributed by atoms with Crippen molar-refractivity contribution in [2.75, 3.05) is 5.73 Å². The summed E-state index contributed by atoms with van der Waals surface area (Å²) in [5, 5.41) is 0. The number of rotatable bonds is 9. The van der Waals surface area contributed by atoms with Crippen molar-refractivity contribution in [1.82, 2.24) is 4.98 Å². The lowest BCUT2D eigenvalue weighted by molar-refractivity contribution is -0.151. The van der Waals surface area contributed by atoms with Crippen LogP contribution in [0, 0.1) is 46.3 Å². The first-order chi connectivity index (χ1) is 18.6. The highest BCUT2D eigenvalue weighted by atomic mass is 16.5. The lowest BCUT2D eigenvalue weighted by Gasteiger charge is -2.58. The van der Waals surface area contributed by atoms with Gasteiger partial charge in [-0.25, -0.2) is 4.98 Å². The molecule has 1 aromatic rings. The van der Waals surface area contributed by atoms with Crippen LogP contribution in [0.2, 0.25) is 0 Å². The molecule has 4 nitrogen and oxygen atoms in total. The maximum atomic E-state index is 12.7. The second-order valence-corrected chi connectivity index (χ2v) is 14.7. The molecule has 39 heavy (non-hydrogen) atoms. The Morgan fingerprint density at radius 2 is 1.90 bits per heavy atom. The highest BCUT2D eigenvalue weighted by molar-refractivity contribution is 5.70. The molecule has 0 spiro atoms. The monoisotopic (exact) mass is 534 g/mol. The van der Waals surface area contributed by atoms with Crippen LogP contribution in [0.15, 0.2) is 30.0 Å². The van der Waals surface area contributed by atoms with E-state index in [4.69, 9.17) is 10.5 Å². The van der Waals surface area contributed by atoms with Crippen molar-refractivity contribution in [2.45, 2.75) is 124 Å². The number of ether oxygens (including phenoxy) is 1. The molecule has 0 saturated heterocycles. The van der Waals surface area contributed by atoms with Gasteiger partial charge in [0.25, 0.3) is 0 Å². The second-order valence-electron chi connectivity index (χ2n) is 14.7. The van der Waals surface area contributed by atoms with E-state index < -0.39 is 0 Å². The molecule has 4 heteroatoms. The minimum atomic E-state index is -0.0809. The van der Waals surface area contributed by atoms with Gasteiger partial charge in [0, 0.05) is 19.0 Å². The standard InChI is InChI=1S/C35H54N2O2/c1-23(2)7-6-8-24(3)29-13-14-30-28-12-11-26-21-27(17-19-34(26,4)31(28)18-20-35(29,30)5)39-33(38)16-10-25-9-15-32(36)37-22-25/h9,11,15,22-24,27-31H,6-8,10,12-14,16-21H2,1-5H3,(H2,36,37). The number of anilines is 1. The molecule has 4 aliphatic carbocycles. The van der Waals surface area contributed by atoms with Crippen LogP contribution in [0.1, 0.15) is 117 Å². The topological polar surface area (TPSA) is 65.2 Å². The number of carbonyl (C=O) groups excluding carboxylic acids is 1. The van der Waals surface area contributed by atoms with Gasteiger partial charge >= 0.3 is 5.97 Å². The van der Waals surface area contributed by atoms with E-state index in [1.807, 2.05) is 6.07 Å². The normalized spacial score (nSPS) is 36.5. The summed E-state index contributed by atoms with van der Waals surface area (Å²) < 4.78 is 6.01. The minimum Gasteiger partial charge on any atom is -0.462 e. The predicted octanol–water partition coefficient (Wildman–Crippen LogP) is 8.55. The van der Waals surface area contributed by atoms with Gasteiger partial charge in [-0.15, -0.1) is 0 Å². The molecule has 0 bridgehead atoms. The van der Waals surface area contributed by atoms with E-state index in [0.717, 1.165) is 60.3 Å². The van der Waals surface area contributed by atoms with Gasteiger partial charge < -0.3 is 10.5 Å². The molecule has 0 radical (unpaired) electrons. The number of nitrogens with two attached hydrogens (primary N) is 1. The highest BCUT2D eigenvalue weighted by Gasteiger charge is 2.59. The number of aromatic nitrogens is 1. The van der Waals surface area contributed by atoms with Crippen LogP contribution in [0.5, 0.6) is 0 Å². The van der Waals surface area contributed by atoms with Gasteiger partial charge in [0.05, 0.1) is 0 Å². The number of pyridine rings is 1. The molecule has 3 saturated carbocycles. The molecule has 0 amide bonds. The fourth-order valence-corrected chi connectivity index (χ4v) is 9.83. The van der Waals surface area contributed by atoms with Gasteiger partial charge in [0.2, 0.25) is 0 Å². The third kappa shape index (κ3) is 5.82. The lowest BCUT2D eigenvalue weighted by atomic mass is 9.47. The van der Waals surface area contributed by atoms with Crippen molar-refractivity contribution in [3.05, 3.63) is 35.5 Å². The summed E-state index contributed by atoms with van der Waals surface area (Å²) in [4.78, 5) is 16.8. The molecule has 4 aliphatic rings. The van der Waals surface area contributed by atoms with E-state index in [1.54, 1.807) is 17.8 Å². The smallest absolute Gasteiger partial charge is 0.306 e. The van der Waals surface area contributed by atoms with E-state index in [-0.39, 0.29) is 12.1 Å². The Bertz CT molecular complexity index is 1030. The van der Waals surface area contributed by atoms with Crippen molar-refractivity contribution in [3.63, 3.8) is 0 Å². The van der Waals surface area contributed by atoms with Crippen LogP contribution >= 0.6 is 0 Å². The summed E-state index contributed by atoms with van der Waals surface area (Å²) in [6, 6.07) is 3.74. The van der Waals surface area contributed by atoms with Crippen molar-refractivity contribution >= 4 is 11.8 Å². The highest BCUT2D eigenvalue weighted by Crippen LogP contribution is 2.67. The van der Waals surface area contributed by atoms with Crippen molar-refractivity contribution in [3.8, 4) is 0 Å². The zero-order chi connectivity index (χ0) is 27.8. The molecular formula is C35H54N2O2. The zero-order valence-corrected chi connectivity index (χ0v) is 25.4. The zero-order valence-electron chi connectivity index (χ0n) is 25.4. The van der Waals surface area contributed by atoms with Gasteiger partial charge in [0.1, 0.15) is 11.9 Å². The van der Waals surface area contributed by atoms with Crippen LogP contribution < -0.4 is 5.73 Å². The first kappa shape index (κ1) is 28.7. The summed E-state index contributed by atoms with van der Waals surface area (Å²) in [6.45, 7) is 12.5. The Hall–Kier alpha value is -1.84. The number of allylic oxidation sites excluding steroid dienone is 1. The molecule has 1 heterocycles. The van der Waals surface area contributed by atoms with E-state index in [2.05, 4.69) is 45.7 Å². The number of nitrogen functional groups attached to an aromatic ring is 1. The van der Waals surface area contributed by atoms with Gasteiger partial charge in [-0.2, -0.15) is 0 Å². The molecule has 2 N–H and O–H groups in total. The summed E-state index contributed by atoms with van der Waals surface area (Å²) in [6.07, 6.45) is 19.7. The predicted molar refractivity (Wildman–Crippen MR) is 160 cm³/mol. The molecule has 8 unspecified atom stereocenters. The molecule has 3 fully saturated rings. The average Bonchev–Trinajstić information content (AvgIpc) is 3.25. The Labute approximate surface area is 238 Å². The van der Waals surface area contributed by atoms with Gasteiger partial charge in [-0.1, -0.05) is 71.6 Å². The average molecular weight is 535 g/mol. The van der Waals surface area contributed by atoms with Crippen LogP contribution in [0.25, 0.3) is 0 Å². The van der Waals surface area contributed by atoms with Crippen molar-refractivity contribution in [2.24, 2.45) is 46.3 Å². The molecule has 8 atom stereocenters. The number of carbonyl (C=O) groups is 1. The number of hydrogen-bond donors (Lipinski definition) is 1. The van der Waals surface area contributed by atoms with Gasteiger partial charge in [-0.3, -0.25) is 4.79 Å². The maximum Gasteiger partial charge on any atom is 0.306 e. The fraction of sp³-hybridized carbons (Fsp3) is 0.771. The van der Waals surface area contributed by atoms with E-state index in [9.17, 15) is 4.79 Å². The summed E-state index contributed by atoms with van der Waals surface area (Å²) in [7, 11) is 0. The number of nitrogens with zero attached hydrogens (tertiary/aromatic N) is 1. The number of hydrogen-bond acceptors (Lipinski definition) is 4. The number of aryl methyl sites for hydroxylation is 1. The Morgan fingerprint density at radius 1 is 1.08 bits per heavy atom. The first-order valence-electron chi connectivity index (χ1n) is 16.2. The molecule has 1 aromatic heterocycles. The fourth-order valence-electron chi connectivity index (χ4n) is 9.83. The quantitative estimate of drug-likeness (QED) is 0.255. The Kier molecular flexibility index (Phi) is 8.51. The van der Waals surface area contributed by atoms with E-state index in [1.165, 1.54) is 51.4 Å². The lowest BCUT2D eigenvalue weighted by Crippen LogP contribution is -2.51. The van der Waals surface area contributed by atoms with E-state index in [0.29, 0.717) is 29.5 Å². The third-order valence-corrected chi connectivity index (χ3v) is 12.0. The van der Waals surface area contributed by atoms with Crippen LogP contribution in [0.4, 0.5) is 5.82 Å². The summed E-state index contributed by atoms with van der Waals surface area (Å²) in [5.41, 5.74) is 9.13. The van der Waals surface area contributed by atoms with Crippen LogP contribution in [-0.4, -0.2) is 17.1 Å². The molecular weight excluding hydrogens is 480 g/mol. The summed E-state index contributed by atoms with van der Waals surface area (Å²) in [5.74, 6) is 5.57. The van der Waals surface area contributed by atoms with Crippen LogP contribution in [0.3, 0.4) is 0 Å². The molecule has 0 aliphatic heterocycles. The van der Waals surface area contributed by atoms with Gasteiger partial charge in [0.15, 0.2) is 0 Å². The largest absolute Gasteiger partial charge is 0.462 e.